The Bertz CT molecular complexity index is 389. The molecule has 0 aromatic heterocycles. The Hall–Kier alpha value is -0.770. The normalized spacial score (nSPS) is 17.2. The van der Waals surface area contributed by atoms with Gasteiger partial charge in [0.25, 0.3) is 0 Å². The average Bonchev–Trinajstić information content (AvgIpc) is 2.40. The van der Waals surface area contributed by atoms with E-state index >= 15 is 0 Å². The Kier molecular flexibility index (Phi) is 4.87. The third kappa shape index (κ3) is 3.16. The van der Waals surface area contributed by atoms with Gasteiger partial charge in [-0.1, -0.05) is 17.7 Å². The number of nitrogens with zero attached hydrogens (tertiary/aromatic N) is 1. The number of hydrogen-bond donors (Lipinski definition) is 1. The van der Waals surface area contributed by atoms with Crippen LogP contribution in [-0.4, -0.2) is 31.9 Å². The van der Waals surface area contributed by atoms with E-state index in [9.17, 15) is 5.11 Å². The largest absolute Gasteiger partial charge is 0.392 e. The lowest BCUT2D eigenvalue weighted by Crippen LogP contribution is -2.35. The van der Waals surface area contributed by atoms with Crippen LogP contribution in [0.3, 0.4) is 0 Å². The van der Waals surface area contributed by atoms with Crippen molar-refractivity contribution in [3.05, 3.63) is 28.8 Å². The second-order valence-electron chi connectivity index (χ2n) is 4.82. The SMILES string of the molecule is COCC1CCN(c2cc(Cl)ccc2CO)CC1. The molecule has 1 saturated heterocycles. The van der Waals surface area contributed by atoms with Crippen molar-refractivity contribution in [2.45, 2.75) is 19.4 Å². The van der Waals surface area contributed by atoms with E-state index in [0.29, 0.717) is 5.92 Å². The van der Waals surface area contributed by atoms with Crippen molar-refractivity contribution in [2.24, 2.45) is 5.92 Å². The standard InChI is InChI=1S/C14H20ClNO2/c1-18-10-11-4-6-16(7-5-11)14-8-13(15)3-2-12(14)9-17/h2-3,8,11,17H,4-7,9-10H2,1H3. The van der Waals surface area contributed by atoms with Crippen molar-refractivity contribution in [1.29, 1.82) is 0 Å². The molecular formula is C14H20ClNO2. The van der Waals surface area contributed by atoms with E-state index < -0.39 is 0 Å². The molecule has 1 N–H and O–H groups in total. The van der Waals surface area contributed by atoms with Crippen LogP contribution in [0.5, 0.6) is 0 Å². The Balaban J connectivity index is 2.06. The van der Waals surface area contributed by atoms with E-state index in [1.54, 1.807) is 7.11 Å². The molecule has 0 amide bonds. The van der Waals surface area contributed by atoms with Crippen LogP contribution in [0.25, 0.3) is 0 Å². The van der Waals surface area contributed by atoms with E-state index in [-0.39, 0.29) is 6.61 Å². The summed E-state index contributed by atoms with van der Waals surface area (Å²) in [5, 5.41) is 10.1. The molecule has 1 heterocycles. The summed E-state index contributed by atoms with van der Waals surface area (Å²) in [6, 6.07) is 5.68. The van der Waals surface area contributed by atoms with Gasteiger partial charge in [-0.2, -0.15) is 0 Å². The van der Waals surface area contributed by atoms with Gasteiger partial charge in [0, 0.05) is 43.1 Å². The summed E-state index contributed by atoms with van der Waals surface area (Å²) in [5.41, 5.74) is 2.02. The van der Waals surface area contributed by atoms with Crippen LogP contribution in [0, 0.1) is 5.92 Å². The number of benzene rings is 1. The number of ether oxygens (including phenoxy) is 1. The van der Waals surface area contributed by atoms with Crippen LogP contribution in [0.2, 0.25) is 5.02 Å². The fraction of sp³-hybridized carbons (Fsp3) is 0.571. The van der Waals surface area contributed by atoms with Crippen LogP contribution < -0.4 is 4.90 Å². The van der Waals surface area contributed by atoms with Gasteiger partial charge < -0.3 is 14.7 Å². The molecule has 1 aliphatic rings. The van der Waals surface area contributed by atoms with Crippen molar-refractivity contribution in [2.75, 3.05) is 31.7 Å². The maximum absolute atomic E-state index is 9.39. The second kappa shape index (κ2) is 6.41. The summed E-state index contributed by atoms with van der Waals surface area (Å²) in [5.74, 6) is 0.656. The highest BCUT2D eigenvalue weighted by Crippen LogP contribution is 2.29. The molecule has 0 saturated carbocycles. The summed E-state index contributed by atoms with van der Waals surface area (Å²) in [6.07, 6.45) is 2.26. The van der Waals surface area contributed by atoms with Crippen LogP contribution >= 0.6 is 11.6 Å². The topological polar surface area (TPSA) is 32.7 Å². The monoisotopic (exact) mass is 269 g/mol. The quantitative estimate of drug-likeness (QED) is 0.912. The van der Waals surface area contributed by atoms with Gasteiger partial charge in [0.05, 0.1) is 6.61 Å². The first-order valence-corrected chi connectivity index (χ1v) is 6.75. The fourth-order valence-corrected chi connectivity index (χ4v) is 2.71. The van der Waals surface area contributed by atoms with Gasteiger partial charge in [-0.25, -0.2) is 0 Å². The molecule has 0 bridgehead atoms. The van der Waals surface area contributed by atoms with Gasteiger partial charge in [0.15, 0.2) is 0 Å². The Morgan fingerprint density at radius 1 is 1.39 bits per heavy atom. The van der Waals surface area contributed by atoms with Crippen molar-refractivity contribution in [3.63, 3.8) is 0 Å². The van der Waals surface area contributed by atoms with Crippen molar-refractivity contribution in [1.82, 2.24) is 0 Å². The third-order valence-corrected chi connectivity index (χ3v) is 3.81. The zero-order valence-electron chi connectivity index (χ0n) is 10.7. The van der Waals surface area contributed by atoms with Crippen molar-refractivity contribution in [3.8, 4) is 0 Å². The average molecular weight is 270 g/mol. The number of piperidine rings is 1. The molecule has 0 unspecified atom stereocenters. The van der Waals surface area contributed by atoms with E-state index in [0.717, 1.165) is 48.8 Å². The predicted molar refractivity (Wildman–Crippen MR) is 74.2 cm³/mol. The minimum absolute atomic E-state index is 0.0600. The van der Waals surface area contributed by atoms with E-state index in [1.807, 2.05) is 18.2 Å². The lowest BCUT2D eigenvalue weighted by molar-refractivity contribution is 0.139. The number of aliphatic hydroxyl groups is 1. The molecule has 3 nitrogen and oxygen atoms in total. The zero-order chi connectivity index (χ0) is 13.0. The molecule has 4 heteroatoms. The minimum atomic E-state index is 0.0600. The fourth-order valence-electron chi connectivity index (χ4n) is 2.54. The van der Waals surface area contributed by atoms with Crippen molar-refractivity contribution >= 4 is 17.3 Å². The summed E-state index contributed by atoms with van der Waals surface area (Å²) in [7, 11) is 1.76. The summed E-state index contributed by atoms with van der Waals surface area (Å²) in [4.78, 5) is 2.31. The number of aliphatic hydroxyl groups excluding tert-OH is 1. The smallest absolute Gasteiger partial charge is 0.0702 e. The third-order valence-electron chi connectivity index (χ3n) is 3.58. The van der Waals surface area contributed by atoms with Crippen LogP contribution in [0.15, 0.2) is 18.2 Å². The van der Waals surface area contributed by atoms with Gasteiger partial charge in [-0.15, -0.1) is 0 Å². The second-order valence-corrected chi connectivity index (χ2v) is 5.25. The van der Waals surface area contributed by atoms with E-state index in [1.165, 1.54) is 0 Å². The molecule has 18 heavy (non-hydrogen) atoms. The first-order chi connectivity index (χ1) is 8.74. The molecule has 100 valence electrons. The Labute approximate surface area is 113 Å². The number of methoxy groups -OCH3 is 1. The highest BCUT2D eigenvalue weighted by atomic mass is 35.5. The minimum Gasteiger partial charge on any atom is -0.392 e. The predicted octanol–water partition coefficient (Wildman–Crippen LogP) is 2.70. The lowest BCUT2D eigenvalue weighted by atomic mass is 9.97. The first-order valence-electron chi connectivity index (χ1n) is 6.37. The van der Waals surface area contributed by atoms with Gasteiger partial charge in [-0.3, -0.25) is 0 Å². The summed E-state index contributed by atoms with van der Waals surface area (Å²) < 4.78 is 5.21. The molecule has 0 spiro atoms. The number of rotatable bonds is 4. The molecular weight excluding hydrogens is 250 g/mol. The zero-order valence-corrected chi connectivity index (χ0v) is 11.5. The molecule has 1 aliphatic heterocycles. The van der Waals surface area contributed by atoms with Crippen molar-refractivity contribution < 1.29 is 9.84 Å². The maximum atomic E-state index is 9.39. The highest BCUT2D eigenvalue weighted by molar-refractivity contribution is 6.30. The molecule has 2 rings (SSSR count). The van der Waals surface area contributed by atoms with Gasteiger partial charge in [0.2, 0.25) is 0 Å². The summed E-state index contributed by atoms with van der Waals surface area (Å²) in [6.45, 7) is 2.91. The number of anilines is 1. The van der Waals surface area contributed by atoms with Crippen LogP contribution in [-0.2, 0) is 11.3 Å². The van der Waals surface area contributed by atoms with E-state index in [2.05, 4.69) is 4.90 Å². The number of hydrogen-bond acceptors (Lipinski definition) is 3. The molecule has 0 radical (unpaired) electrons. The molecule has 1 fully saturated rings. The van der Waals surface area contributed by atoms with Crippen LogP contribution in [0.1, 0.15) is 18.4 Å². The molecule has 1 aromatic rings. The first kappa shape index (κ1) is 13.7. The molecule has 0 aliphatic carbocycles. The lowest BCUT2D eigenvalue weighted by Gasteiger charge is -2.34. The Morgan fingerprint density at radius 3 is 2.72 bits per heavy atom. The van der Waals surface area contributed by atoms with Gasteiger partial charge in [0.1, 0.15) is 0 Å². The summed E-state index contributed by atoms with van der Waals surface area (Å²) >= 11 is 6.04. The van der Waals surface area contributed by atoms with Gasteiger partial charge >= 0.3 is 0 Å². The van der Waals surface area contributed by atoms with Gasteiger partial charge in [-0.05, 0) is 30.9 Å². The molecule has 0 atom stereocenters. The molecule has 1 aromatic carbocycles. The maximum Gasteiger partial charge on any atom is 0.0702 e. The highest BCUT2D eigenvalue weighted by Gasteiger charge is 2.20. The number of halogens is 1. The Morgan fingerprint density at radius 2 is 2.11 bits per heavy atom. The van der Waals surface area contributed by atoms with Crippen LogP contribution in [0.4, 0.5) is 5.69 Å². The van der Waals surface area contributed by atoms with E-state index in [4.69, 9.17) is 16.3 Å².